The van der Waals surface area contributed by atoms with Crippen molar-refractivity contribution >= 4 is 17.5 Å². The van der Waals surface area contributed by atoms with Crippen molar-refractivity contribution < 1.29 is 19.2 Å². The number of carbonyl (C=O) groups excluding carboxylic acids is 1. The van der Waals surface area contributed by atoms with E-state index in [0.717, 1.165) is 30.5 Å². The Bertz CT molecular complexity index is 903. The molecule has 1 saturated heterocycles. The molecule has 0 saturated carbocycles. The van der Waals surface area contributed by atoms with Crippen LogP contribution >= 0.6 is 0 Å². The number of rotatable bonds is 4. The van der Waals surface area contributed by atoms with Crippen molar-refractivity contribution in [3.63, 3.8) is 0 Å². The second-order valence-corrected chi connectivity index (χ2v) is 7.49. The van der Waals surface area contributed by atoms with Crippen molar-refractivity contribution in [2.45, 2.75) is 31.8 Å². The van der Waals surface area contributed by atoms with E-state index in [1.54, 1.807) is 24.3 Å². The van der Waals surface area contributed by atoms with Gasteiger partial charge in [-0.1, -0.05) is 47.1 Å². The molecule has 2 aromatic carbocycles. The molecule has 0 unspecified atom stereocenters. The van der Waals surface area contributed by atoms with Crippen LogP contribution in [0.5, 0.6) is 5.75 Å². The highest BCUT2D eigenvalue weighted by Gasteiger charge is 2.43. The van der Waals surface area contributed by atoms with Gasteiger partial charge < -0.3 is 14.4 Å². The van der Waals surface area contributed by atoms with Gasteiger partial charge >= 0.3 is 6.09 Å². The minimum Gasteiger partial charge on any atom is -0.495 e. The number of piperidine rings is 1. The third-order valence-corrected chi connectivity index (χ3v) is 5.41. The lowest BCUT2D eigenvalue weighted by atomic mass is 9.86. The van der Waals surface area contributed by atoms with E-state index >= 15 is 0 Å². The van der Waals surface area contributed by atoms with Crippen molar-refractivity contribution in [3.05, 3.63) is 59.7 Å². The first-order valence-corrected chi connectivity index (χ1v) is 9.76. The quantitative estimate of drug-likeness (QED) is 0.843. The Hall–Kier alpha value is -3.06. The highest BCUT2D eigenvalue weighted by atomic mass is 16.7. The molecule has 152 valence electrons. The van der Waals surface area contributed by atoms with Crippen LogP contribution in [-0.4, -0.2) is 42.7 Å². The second-order valence-electron chi connectivity index (χ2n) is 7.49. The van der Waals surface area contributed by atoms with Crippen molar-refractivity contribution in [3.8, 4) is 5.75 Å². The highest BCUT2D eigenvalue weighted by molar-refractivity contribution is 6.01. The van der Waals surface area contributed by atoms with E-state index in [0.29, 0.717) is 24.5 Å². The maximum absolute atomic E-state index is 12.2. The number of hydrogen-bond donors (Lipinski definition) is 1. The summed E-state index contributed by atoms with van der Waals surface area (Å²) in [5, 5.41) is 8.73. The van der Waals surface area contributed by atoms with Crippen LogP contribution in [0.2, 0.25) is 0 Å². The molecule has 0 bridgehead atoms. The first kappa shape index (κ1) is 19.3. The smallest absolute Gasteiger partial charge is 0.430 e. The summed E-state index contributed by atoms with van der Waals surface area (Å²) >= 11 is 0. The number of aryl methyl sites for hydroxylation is 1. The molecule has 29 heavy (non-hydrogen) atoms. The van der Waals surface area contributed by atoms with Gasteiger partial charge in [0.05, 0.1) is 18.5 Å². The number of oxime groups is 1. The van der Waals surface area contributed by atoms with Crippen LogP contribution in [0.1, 0.15) is 30.4 Å². The van der Waals surface area contributed by atoms with E-state index in [1.165, 1.54) is 5.56 Å². The molecule has 2 aliphatic rings. The Balaban J connectivity index is 1.29. The molecule has 2 aromatic rings. The zero-order chi connectivity index (χ0) is 20.3. The molecule has 0 atom stereocenters. The largest absolute Gasteiger partial charge is 0.495 e. The van der Waals surface area contributed by atoms with Crippen LogP contribution in [0, 0.1) is 6.92 Å². The molecular weight excluding hydrogens is 370 g/mol. The second kappa shape index (κ2) is 8.13. The van der Waals surface area contributed by atoms with Crippen molar-refractivity contribution in [2.75, 3.05) is 25.5 Å². The van der Waals surface area contributed by atoms with Gasteiger partial charge in [0.15, 0.2) is 0 Å². The van der Waals surface area contributed by atoms with Crippen LogP contribution in [0.25, 0.3) is 0 Å². The van der Waals surface area contributed by atoms with E-state index < -0.39 is 6.09 Å². The normalized spacial score (nSPS) is 18.1. The molecule has 1 N–H and O–H groups in total. The first-order valence-electron chi connectivity index (χ1n) is 9.76. The van der Waals surface area contributed by atoms with Gasteiger partial charge in [-0.15, -0.1) is 5.06 Å². The number of anilines is 1. The summed E-state index contributed by atoms with van der Waals surface area (Å²) in [5.74, 6) is 0.585. The van der Waals surface area contributed by atoms with E-state index in [2.05, 4.69) is 41.7 Å². The molecule has 7 heteroatoms. The van der Waals surface area contributed by atoms with Gasteiger partial charge in [-0.3, -0.25) is 5.32 Å². The number of hydroxylamine groups is 2. The fraction of sp³-hybridized carbons (Fsp3) is 0.364. The summed E-state index contributed by atoms with van der Waals surface area (Å²) in [4.78, 5) is 23.5. The number of ether oxygens (including phenoxy) is 1. The average Bonchev–Trinajstić information content (AvgIpc) is 3.14. The summed E-state index contributed by atoms with van der Waals surface area (Å²) in [6, 6.07) is 15.5. The molecule has 1 amide bonds. The number of amides is 1. The molecular formula is C22H25N3O4. The molecule has 0 aliphatic carbocycles. The molecule has 4 rings (SSSR count). The number of methoxy groups -OCH3 is 1. The van der Waals surface area contributed by atoms with Gasteiger partial charge in [-0.05, 0) is 24.6 Å². The topological polar surface area (TPSA) is 72.4 Å². The molecule has 2 heterocycles. The SMILES string of the molecule is COc1ccccc1NC(=O)ON1CCC2(CC1)CC(c1ccc(C)cc1)=NO2. The van der Waals surface area contributed by atoms with Crippen molar-refractivity contribution in [1.29, 1.82) is 0 Å². The van der Waals surface area contributed by atoms with Crippen LogP contribution in [0.4, 0.5) is 10.5 Å². The highest BCUT2D eigenvalue weighted by Crippen LogP contribution is 2.36. The number of hydrogen-bond acceptors (Lipinski definition) is 6. The van der Waals surface area contributed by atoms with E-state index in [-0.39, 0.29) is 5.60 Å². The number of para-hydroxylation sites is 2. The Morgan fingerprint density at radius 2 is 1.86 bits per heavy atom. The summed E-state index contributed by atoms with van der Waals surface area (Å²) < 4.78 is 5.24. The van der Waals surface area contributed by atoms with Gasteiger partial charge in [0, 0.05) is 32.4 Å². The minimum absolute atomic E-state index is 0.306. The van der Waals surface area contributed by atoms with Gasteiger partial charge in [0.1, 0.15) is 11.4 Å². The van der Waals surface area contributed by atoms with E-state index in [1.807, 2.05) is 12.1 Å². The summed E-state index contributed by atoms with van der Waals surface area (Å²) in [7, 11) is 1.56. The van der Waals surface area contributed by atoms with Gasteiger partial charge in [-0.25, -0.2) is 4.79 Å². The predicted octanol–water partition coefficient (Wildman–Crippen LogP) is 4.13. The van der Waals surface area contributed by atoms with Crippen molar-refractivity contribution in [1.82, 2.24) is 5.06 Å². The Morgan fingerprint density at radius 3 is 2.59 bits per heavy atom. The summed E-state index contributed by atoms with van der Waals surface area (Å²) in [5.41, 5.74) is 3.57. The minimum atomic E-state index is -0.533. The van der Waals surface area contributed by atoms with Crippen LogP contribution in [-0.2, 0) is 9.68 Å². The third kappa shape index (κ3) is 4.35. The fourth-order valence-electron chi connectivity index (χ4n) is 3.67. The molecule has 0 aromatic heterocycles. The zero-order valence-electron chi connectivity index (χ0n) is 16.7. The molecule has 7 nitrogen and oxygen atoms in total. The first-order chi connectivity index (χ1) is 14.1. The Labute approximate surface area is 170 Å². The predicted molar refractivity (Wildman–Crippen MR) is 110 cm³/mol. The molecule has 0 radical (unpaired) electrons. The number of nitrogens with one attached hydrogen (secondary N) is 1. The van der Waals surface area contributed by atoms with Gasteiger partial charge in [0.25, 0.3) is 0 Å². The number of carbonyl (C=O) groups is 1. The lowest BCUT2D eigenvalue weighted by molar-refractivity contribution is -0.154. The number of benzene rings is 2. The van der Waals surface area contributed by atoms with Crippen LogP contribution < -0.4 is 10.1 Å². The summed E-state index contributed by atoms with van der Waals surface area (Å²) in [6.07, 6.45) is 1.73. The Morgan fingerprint density at radius 1 is 1.14 bits per heavy atom. The van der Waals surface area contributed by atoms with Gasteiger partial charge in [-0.2, -0.15) is 0 Å². The third-order valence-electron chi connectivity index (χ3n) is 5.41. The standard InChI is InChI=1S/C22H25N3O4/c1-16-7-9-17(10-8-16)19-15-22(29-24-19)11-13-25(14-12-22)28-21(26)23-18-5-3-4-6-20(18)27-2/h3-10H,11-15H2,1-2H3,(H,23,26). The van der Waals surface area contributed by atoms with Crippen LogP contribution in [0.3, 0.4) is 0 Å². The number of nitrogens with zero attached hydrogens (tertiary/aromatic N) is 2. The van der Waals surface area contributed by atoms with Gasteiger partial charge in [0.2, 0.25) is 0 Å². The molecule has 1 fully saturated rings. The zero-order valence-corrected chi connectivity index (χ0v) is 16.7. The fourth-order valence-corrected chi connectivity index (χ4v) is 3.67. The van der Waals surface area contributed by atoms with Crippen molar-refractivity contribution in [2.24, 2.45) is 5.16 Å². The average molecular weight is 395 g/mol. The lowest BCUT2D eigenvalue weighted by Crippen LogP contribution is -2.45. The Kier molecular flexibility index (Phi) is 5.40. The molecule has 1 spiro atoms. The summed E-state index contributed by atoms with van der Waals surface area (Å²) in [6.45, 7) is 3.25. The van der Waals surface area contributed by atoms with E-state index in [4.69, 9.17) is 14.4 Å². The molecule has 2 aliphatic heterocycles. The lowest BCUT2D eigenvalue weighted by Gasteiger charge is -2.35. The maximum atomic E-state index is 12.2. The van der Waals surface area contributed by atoms with E-state index in [9.17, 15) is 4.79 Å². The maximum Gasteiger partial charge on any atom is 0.430 e. The monoisotopic (exact) mass is 395 g/mol. The van der Waals surface area contributed by atoms with Crippen LogP contribution in [0.15, 0.2) is 53.7 Å².